The lowest BCUT2D eigenvalue weighted by molar-refractivity contribution is -0.119. The lowest BCUT2D eigenvalue weighted by atomic mass is 10.1. The van der Waals surface area contributed by atoms with Crippen molar-refractivity contribution in [1.82, 2.24) is 25.6 Å². The van der Waals surface area contributed by atoms with Crippen molar-refractivity contribution in [3.05, 3.63) is 53.4 Å². The van der Waals surface area contributed by atoms with Gasteiger partial charge in [0.05, 0.1) is 11.8 Å². The highest BCUT2D eigenvalue weighted by molar-refractivity contribution is 6.04. The molecule has 0 fully saturated rings. The van der Waals surface area contributed by atoms with E-state index in [0.717, 1.165) is 23.2 Å². The Balaban J connectivity index is 1.59. The molecule has 2 aromatic heterocycles. The van der Waals surface area contributed by atoms with E-state index in [1.807, 2.05) is 45.0 Å². The molecule has 2 amide bonds. The largest absolute Gasteiger partial charge is 0.437 e. The van der Waals surface area contributed by atoms with Crippen LogP contribution in [0.25, 0.3) is 16.9 Å². The molecular formula is C22H23N5O3. The average molecular weight is 405 g/mol. The highest BCUT2D eigenvalue weighted by atomic mass is 16.5. The van der Waals surface area contributed by atoms with E-state index in [0.29, 0.717) is 28.9 Å². The van der Waals surface area contributed by atoms with Gasteiger partial charge in [0.15, 0.2) is 5.65 Å². The minimum absolute atomic E-state index is 0.0108. The van der Waals surface area contributed by atoms with Crippen molar-refractivity contribution >= 4 is 28.7 Å². The Morgan fingerprint density at radius 2 is 2.13 bits per heavy atom. The molecule has 0 saturated heterocycles. The van der Waals surface area contributed by atoms with Crippen molar-refractivity contribution in [1.29, 1.82) is 0 Å². The van der Waals surface area contributed by atoms with Gasteiger partial charge < -0.3 is 20.4 Å². The fourth-order valence-electron chi connectivity index (χ4n) is 3.28. The first kappa shape index (κ1) is 19.6. The van der Waals surface area contributed by atoms with E-state index in [-0.39, 0.29) is 23.7 Å². The van der Waals surface area contributed by atoms with Crippen LogP contribution in [-0.2, 0) is 11.2 Å². The fourth-order valence-corrected chi connectivity index (χ4v) is 3.28. The van der Waals surface area contributed by atoms with Gasteiger partial charge in [-0.15, -0.1) is 0 Å². The van der Waals surface area contributed by atoms with Crippen LogP contribution in [0.4, 0.5) is 0 Å². The zero-order valence-electron chi connectivity index (χ0n) is 17.1. The van der Waals surface area contributed by atoms with Gasteiger partial charge in [0.1, 0.15) is 11.3 Å². The van der Waals surface area contributed by atoms with E-state index < -0.39 is 0 Å². The monoisotopic (exact) mass is 405 g/mol. The van der Waals surface area contributed by atoms with Crippen LogP contribution >= 0.6 is 0 Å². The third kappa shape index (κ3) is 3.89. The number of allylic oxidation sites excluding steroid dienone is 1. The van der Waals surface area contributed by atoms with Gasteiger partial charge >= 0.3 is 0 Å². The van der Waals surface area contributed by atoms with Gasteiger partial charge in [0.2, 0.25) is 11.8 Å². The molecule has 3 aromatic rings. The number of aromatic nitrogens is 3. The van der Waals surface area contributed by atoms with Crippen LogP contribution in [0.2, 0.25) is 0 Å². The summed E-state index contributed by atoms with van der Waals surface area (Å²) >= 11 is 0. The number of carbonyl (C=O) groups is 2. The van der Waals surface area contributed by atoms with Gasteiger partial charge in [-0.05, 0) is 38.0 Å². The number of hydrogen-bond acceptors (Lipinski definition) is 5. The predicted molar refractivity (Wildman–Crippen MR) is 113 cm³/mol. The Kier molecular flexibility index (Phi) is 5.22. The molecule has 0 spiro atoms. The Hall–Kier alpha value is -3.68. The lowest BCUT2D eigenvalue weighted by Gasteiger charge is -2.10. The molecule has 0 atom stereocenters. The number of benzene rings is 1. The number of rotatable bonds is 6. The fraction of sp³-hybridized carbons (Fsp3) is 0.273. The van der Waals surface area contributed by atoms with Gasteiger partial charge in [0.25, 0.3) is 5.91 Å². The molecule has 0 aliphatic heterocycles. The van der Waals surface area contributed by atoms with E-state index in [2.05, 4.69) is 25.6 Å². The summed E-state index contributed by atoms with van der Waals surface area (Å²) in [5.74, 6) is 0.601. The highest BCUT2D eigenvalue weighted by Crippen LogP contribution is 2.31. The number of ether oxygens (including phenoxy) is 1. The highest BCUT2D eigenvalue weighted by Gasteiger charge is 2.18. The molecule has 0 radical (unpaired) electrons. The molecule has 0 bridgehead atoms. The van der Waals surface area contributed by atoms with Gasteiger partial charge in [-0.25, -0.2) is 9.97 Å². The number of nitrogens with one attached hydrogen (secondary N) is 3. The number of amides is 2. The topological polar surface area (TPSA) is 109 Å². The molecule has 3 N–H and O–H groups in total. The van der Waals surface area contributed by atoms with E-state index in [9.17, 15) is 9.59 Å². The van der Waals surface area contributed by atoms with Crippen LogP contribution in [0.3, 0.4) is 0 Å². The van der Waals surface area contributed by atoms with Crippen molar-refractivity contribution in [3.8, 4) is 11.6 Å². The second-order valence-corrected chi connectivity index (χ2v) is 7.38. The maximum absolute atomic E-state index is 12.4. The summed E-state index contributed by atoms with van der Waals surface area (Å²) in [5, 5.41) is 5.77. The Bertz CT molecular complexity index is 1160. The number of hydrogen-bond donors (Lipinski definition) is 3. The third-order valence-electron chi connectivity index (χ3n) is 4.74. The number of fused-ring (bicyclic) bond motifs is 2. The summed E-state index contributed by atoms with van der Waals surface area (Å²) in [4.78, 5) is 35.9. The Morgan fingerprint density at radius 1 is 1.30 bits per heavy atom. The first-order valence-electron chi connectivity index (χ1n) is 9.90. The maximum atomic E-state index is 12.4. The van der Waals surface area contributed by atoms with Crippen LogP contribution in [0.15, 0.2) is 36.7 Å². The van der Waals surface area contributed by atoms with Crippen LogP contribution in [0.5, 0.6) is 11.6 Å². The minimum Gasteiger partial charge on any atom is -0.437 e. The van der Waals surface area contributed by atoms with E-state index in [4.69, 9.17) is 4.74 Å². The molecule has 8 nitrogen and oxygen atoms in total. The molecular weight excluding hydrogens is 382 g/mol. The summed E-state index contributed by atoms with van der Waals surface area (Å²) < 4.78 is 5.92. The molecule has 4 rings (SSSR count). The summed E-state index contributed by atoms with van der Waals surface area (Å²) in [6.45, 7) is 5.61. The number of nitrogens with zero attached hydrogens (tertiary/aromatic N) is 2. The van der Waals surface area contributed by atoms with Crippen molar-refractivity contribution in [3.63, 3.8) is 0 Å². The molecule has 1 aromatic carbocycles. The van der Waals surface area contributed by atoms with E-state index >= 15 is 0 Å². The summed E-state index contributed by atoms with van der Waals surface area (Å²) in [6.07, 6.45) is 6.27. The van der Waals surface area contributed by atoms with Crippen LogP contribution in [-0.4, -0.2) is 32.8 Å². The van der Waals surface area contributed by atoms with E-state index in [1.165, 1.54) is 6.20 Å². The molecule has 30 heavy (non-hydrogen) atoms. The summed E-state index contributed by atoms with van der Waals surface area (Å²) in [6, 6.07) is 5.71. The maximum Gasteiger partial charge on any atom is 0.255 e. The molecule has 1 aliphatic carbocycles. The molecule has 154 valence electrons. The van der Waals surface area contributed by atoms with Gasteiger partial charge in [-0.2, -0.15) is 0 Å². The van der Waals surface area contributed by atoms with Gasteiger partial charge in [0, 0.05) is 29.9 Å². The first-order chi connectivity index (χ1) is 14.4. The van der Waals surface area contributed by atoms with Crippen LogP contribution < -0.4 is 15.4 Å². The smallest absolute Gasteiger partial charge is 0.255 e. The average Bonchev–Trinajstić information content (AvgIpc) is 3.31. The molecule has 0 saturated carbocycles. The minimum atomic E-state index is -0.221. The second kappa shape index (κ2) is 7.98. The van der Waals surface area contributed by atoms with Crippen molar-refractivity contribution in [2.75, 3.05) is 0 Å². The second-order valence-electron chi connectivity index (χ2n) is 7.38. The Labute approximate surface area is 173 Å². The normalized spacial score (nSPS) is 12.6. The summed E-state index contributed by atoms with van der Waals surface area (Å²) in [7, 11) is 0. The van der Waals surface area contributed by atoms with Crippen molar-refractivity contribution in [2.45, 2.75) is 39.7 Å². The molecule has 1 aliphatic rings. The zero-order valence-corrected chi connectivity index (χ0v) is 17.1. The van der Waals surface area contributed by atoms with Crippen molar-refractivity contribution < 1.29 is 14.3 Å². The van der Waals surface area contributed by atoms with Crippen LogP contribution in [0.1, 0.15) is 48.7 Å². The standard InChI is InChI=1S/C22H23N5O3/c1-4-18(28)26-17-8-6-13-5-7-14(9-15(13)17)30-19-11-24-21-20(27-19)16(10-23-21)22(29)25-12(2)3/h5,7-12H,4,6H2,1-3H3,(H,23,24)(H,25,29)(H,26,28). The quantitative estimate of drug-likeness (QED) is 0.583. The van der Waals surface area contributed by atoms with Gasteiger partial charge in [-0.1, -0.05) is 19.1 Å². The van der Waals surface area contributed by atoms with E-state index in [1.54, 1.807) is 6.20 Å². The lowest BCUT2D eigenvalue weighted by Crippen LogP contribution is -2.29. The molecule has 2 heterocycles. The molecule has 8 heteroatoms. The zero-order chi connectivity index (χ0) is 21.3. The van der Waals surface area contributed by atoms with Crippen LogP contribution in [0, 0.1) is 0 Å². The van der Waals surface area contributed by atoms with Crippen molar-refractivity contribution in [2.24, 2.45) is 0 Å². The third-order valence-corrected chi connectivity index (χ3v) is 4.74. The number of aromatic amines is 1. The predicted octanol–water partition coefficient (Wildman–Crippen LogP) is 3.31. The molecule has 0 unspecified atom stereocenters. The van der Waals surface area contributed by atoms with Gasteiger partial charge in [-0.3, -0.25) is 9.59 Å². The number of H-pyrrole nitrogens is 1. The summed E-state index contributed by atoms with van der Waals surface area (Å²) in [5.41, 5.74) is 4.22. The first-order valence-corrected chi connectivity index (χ1v) is 9.90. The number of carbonyl (C=O) groups excluding carboxylic acids is 2. The Morgan fingerprint density at radius 3 is 2.90 bits per heavy atom. The SMILES string of the molecule is CCC(=O)NC1=CCc2ccc(Oc3cnc4[nH]cc(C(=O)NC(C)C)c4n3)cc21.